The summed E-state index contributed by atoms with van der Waals surface area (Å²) in [6, 6.07) is 9.87. The molecular weight excluding hydrogens is 416 g/mol. The van der Waals surface area contributed by atoms with Gasteiger partial charge < -0.3 is 20.4 Å². The van der Waals surface area contributed by atoms with Crippen molar-refractivity contribution in [1.29, 1.82) is 0 Å². The minimum atomic E-state index is -0.112. The zero-order chi connectivity index (χ0) is 22.4. The number of hydrogen-bond acceptors (Lipinski definition) is 7. The van der Waals surface area contributed by atoms with Crippen LogP contribution in [0.3, 0.4) is 0 Å². The first kappa shape index (κ1) is 19.7. The van der Waals surface area contributed by atoms with E-state index >= 15 is 0 Å². The number of fused-ring (bicyclic) bond motifs is 2. The van der Waals surface area contributed by atoms with Gasteiger partial charge >= 0.3 is 0 Å². The second-order valence-corrected chi connectivity index (χ2v) is 8.45. The second kappa shape index (κ2) is 7.86. The van der Waals surface area contributed by atoms with Crippen LogP contribution in [0.15, 0.2) is 55.1 Å². The third-order valence-corrected chi connectivity index (χ3v) is 6.37. The molecule has 1 fully saturated rings. The van der Waals surface area contributed by atoms with E-state index in [1.54, 1.807) is 12.4 Å². The summed E-state index contributed by atoms with van der Waals surface area (Å²) in [5.41, 5.74) is 5.69. The van der Waals surface area contributed by atoms with Crippen molar-refractivity contribution < 1.29 is 4.79 Å². The van der Waals surface area contributed by atoms with Crippen LogP contribution in [0.25, 0.3) is 17.0 Å². The monoisotopic (exact) mass is 440 g/mol. The molecule has 33 heavy (non-hydrogen) atoms. The van der Waals surface area contributed by atoms with Gasteiger partial charge in [0.15, 0.2) is 0 Å². The highest BCUT2D eigenvalue weighted by Crippen LogP contribution is 2.33. The molecular formula is C24H24N8O. The summed E-state index contributed by atoms with van der Waals surface area (Å²) in [6.45, 7) is 4.51. The van der Waals surface area contributed by atoms with Crippen molar-refractivity contribution in [1.82, 2.24) is 29.6 Å². The maximum Gasteiger partial charge on any atom is 0.254 e. The zero-order valence-corrected chi connectivity index (χ0v) is 18.3. The standard InChI is InChI=1S/C24H24N8O/c1-30-8-10-31(11-9-30)16-5-6-20(25-12-16)29-18-14-27-23(17-13-28-24(33)22(17)18)19-15-26-21-4-2-3-7-32(19)21/h2-7,12,14-15H,8-11,13H2,1H3,(H,25,29)(H,28,33). The number of hydrogen-bond donors (Lipinski definition) is 2. The summed E-state index contributed by atoms with van der Waals surface area (Å²) in [5.74, 6) is 0.568. The van der Waals surface area contributed by atoms with E-state index < -0.39 is 0 Å². The van der Waals surface area contributed by atoms with E-state index in [1.165, 1.54) is 0 Å². The van der Waals surface area contributed by atoms with Crippen molar-refractivity contribution in [3.63, 3.8) is 0 Å². The molecule has 9 heteroatoms. The molecule has 0 spiro atoms. The van der Waals surface area contributed by atoms with E-state index in [1.807, 2.05) is 41.1 Å². The second-order valence-electron chi connectivity index (χ2n) is 8.45. The molecule has 6 heterocycles. The molecule has 1 saturated heterocycles. The molecule has 0 aliphatic carbocycles. The number of pyridine rings is 3. The minimum absolute atomic E-state index is 0.112. The van der Waals surface area contributed by atoms with Gasteiger partial charge in [-0.25, -0.2) is 9.97 Å². The van der Waals surface area contributed by atoms with Gasteiger partial charge in [0.2, 0.25) is 0 Å². The maximum atomic E-state index is 12.7. The van der Waals surface area contributed by atoms with Crippen LogP contribution in [0, 0.1) is 0 Å². The van der Waals surface area contributed by atoms with Crippen LogP contribution < -0.4 is 15.5 Å². The topological polar surface area (TPSA) is 90.7 Å². The Kier molecular flexibility index (Phi) is 4.69. The summed E-state index contributed by atoms with van der Waals surface area (Å²) in [7, 11) is 2.14. The highest BCUT2D eigenvalue weighted by molar-refractivity contribution is 6.05. The Bertz CT molecular complexity index is 1340. The lowest BCUT2D eigenvalue weighted by Gasteiger charge is -2.33. The Labute approximate surface area is 191 Å². The summed E-state index contributed by atoms with van der Waals surface area (Å²) in [5, 5.41) is 6.24. The summed E-state index contributed by atoms with van der Waals surface area (Å²) in [6.07, 6.45) is 7.34. The van der Waals surface area contributed by atoms with Gasteiger partial charge in [0.05, 0.1) is 46.9 Å². The number of aromatic nitrogens is 4. The number of carbonyl (C=O) groups is 1. The number of rotatable bonds is 4. The average Bonchev–Trinajstić information content (AvgIpc) is 3.45. The van der Waals surface area contributed by atoms with E-state index in [0.29, 0.717) is 23.6 Å². The lowest BCUT2D eigenvalue weighted by atomic mass is 10.1. The molecule has 0 radical (unpaired) electrons. The van der Waals surface area contributed by atoms with E-state index in [9.17, 15) is 4.79 Å². The molecule has 9 nitrogen and oxygen atoms in total. The fraction of sp³-hybridized carbons (Fsp3) is 0.250. The number of likely N-dealkylation sites (N-methyl/N-ethyl adjacent to an activating group) is 1. The molecule has 4 aromatic heterocycles. The predicted molar refractivity (Wildman–Crippen MR) is 127 cm³/mol. The fourth-order valence-corrected chi connectivity index (χ4v) is 4.51. The van der Waals surface area contributed by atoms with Crippen molar-refractivity contribution >= 4 is 28.7 Å². The van der Waals surface area contributed by atoms with Gasteiger partial charge in [-0.15, -0.1) is 0 Å². The quantitative estimate of drug-likeness (QED) is 0.504. The molecule has 2 N–H and O–H groups in total. The van der Waals surface area contributed by atoms with Crippen molar-refractivity contribution in [2.45, 2.75) is 6.54 Å². The first-order valence-corrected chi connectivity index (χ1v) is 11.1. The first-order valence-electron chi connectivity index (χ1n) is 11.1. The summed E-state index contributed by atoms with van der Waals surface area (Å²) in [4.78, 5) is 31.2. The number of amides is 1. The largest absolute Gasteiger partial charge is 0.368 e. The molecule has 0 atom stereocenters. The van der Waals surface area contributed by atoms with Crippen LogP contribution in [-0.2, 0) is 6.54 Å². The number of carbonyl (C=O) groups excluding carboxylic acids is 1. The molecule has 2 aliphatic heterocycles. The van der Waals surface area contributed by atoms with Gasteiger partial charge in [-0.3, -0.25) is 14.2 Å². The van der Waals surface area contributed by atoms with Crippen LogP contribution in [0.5, 0.6) is 0 Å². The van der Waals surface area contributed by atoms with E-state index in [-0.39, 0.29) is 5.91 Å². The van der Waals surface area contributed by atoms with Gasteiger partial charge in [-0.1, -0.05) is 6.07 Å². The lowest BCUT2D eigenvalue weighted by molar-refractivity contribution is 0.0966. The minimum Gasteiger partial charge on any atom is -0.368 e. The normalized spacial score (nSPS) is 16.2. The molecule has 0 aromatic carbocycles. The molecule has 0 bridgehead atoms. The van der Waals surface area contributed by atoms with Crippen molar-refractivity contribution in [2.75, 3.05) is 43.4 Å². The van der Waals surface area contributed by atoms with Crippen molar-refractivity contribution in [2.24, 2.45) is 0 Å². The SMILES string of the molecule is CN1CCN(c2ccc(Nc3cnc(-c4cnc5ccccn45)c4c3C(=O)NC4)nc2)CC1. The third kappa shape index (κ3) is 3.46. The van der Waals surface area contributed by atoms with Gasteiger partial charge in [-0.2, -0.15) is 0 Å². The van der Waals surface area contributed by atoms with Crippen LogP contribution in [-0.4, -0.2) is 63.4 Å². The maximum absolute atomic E-state index is 12.7. The molecule has 0 saturated carbocycles. The molecule has 4 aromatic rings. The summed E-state index contributed by atoms with van der Waals surface area (Å²) < 4.78 is 1.98. The average molecular weight is 441 g/mol. The van der Waals surface area contributed by atoms with Crippen LogP contribution >= 0.6 is 0 Å². The van der Waals surface area contributed by atoms with E-state index in [2.05, 4.69) is 43.5 Å². The van der Waals surface area contributed by atoms with Gasteiger partial charge in [0.25, 0.3) is 5.91 Å². The van der Waals surface area contributed by atoms with E-state index in [0.717, 1.165) is 54.5 Å². The molecule has 6 rings (SSSR count). The number of nitrogens with one attached hydrogen (secondary N) is 2. The Hall–Kier alpha value is -3.98. The van der Waals surface area contributed by atoms with Gasteiger partial charge in [0.1, 0.15) is 11.5 Å². The van der Waals surface area contributed by atoms with Crippen molar-refractivity contribution in [3.05, 3.63) is 66.2 Å². The Balaban J connectivity index is 1.31. The Morgan fingerprint density at radius 2 is 1.85 bits per heavy atom. The predicted octanol–water partition coefficient (Wildman–Crippen LogP) is 2.53. The lowest BCUT2D eigenvalue weighted by Crippen LogP contribution is -2.44. The first-order chi connectivity index (χ1) is 16.2. The van der Waals surface area contributed by atoms with Crippen LogP contribution in [0.4, 0.5) is 17.2 Å². The highest BCUT2D eigenvalue weighted by Gasteiger charge is 2.28. The smallest absolute Gasteiger partial charge is 0.254 e. The van der Waals surface area contributed by atoms with Gasteiger partial charge in [0, 0.05) is 44.5 Å². The van der Waals surface area contributed by atoms with Crippen LogP contribution in [0.1, 0.15) is 15.9 Å². The molecule has 2 aliphatic rings. The Morgan fingerprint density at radius 3 is 2.67 bits per heavy atom. The third-order valence-electron chi connectivity index (χ3n) is 6.37. The van der Waals surface area contributed by atoms with Gasteiger partial charge in [-0.05, 0) is 31.3 Å². The number of imidazole rings is 1. The number of piperazine rings is 1. The Morgan fingerprint density at radius 1 is 0.970 bits per heavy atom. The molecule has 166 valence electrons. The summed E-state index contributed by atoms with van der Waals surface area (Å²) >= 11 is 0. The molecule has 0 unspecified atom stereocenters. The zero-order valence-electron chi connectivity index (χ0n) is 18.3. The fourth-order valence-electron chi connectivity index (χ4n) is 4.51. The van der Waals surface area contributed by atoms with E-state index in [4.69, 9.17) is 4.98 Å². The number of nitrogens with zero attached hydrogens (tertiary/aromatic N) is 6. The highest BCUT2D eigenvalue weighted by atomic mass is 16.1. The van der Waals surface area contributed by atoms with Crippen LogP contribution in [0.2, 0.25) is 0 Å². The van der Waals surface area contributed by atoms with Crippen molar-refractivity contribution in [3.8, 4) is 11.4 Å². The number of anilines is 3. The molecule has 1 amide bonds.